The SMILES string of the molecule is CSc1ccc([C@H](C)NC(=O)CN(Cc2ccccc2F)S(=O)(=O)c2ccc(C)cc2)cc1. The Balaban J connectivity index is 1.83. The van der Waals surface area contributed by atoms with E-state index in [4.69, 9.17) is 0 Å². The number of sulfonamides is 1. The molecule has 0 saturated carbocycles. The van der Waals surface area contributed by atoms with Crippen LogP contribution in [-0.4, -0.2) is 31.4 Å². The third-order valence-electron chi connectivity index (χ3n) is 5.28. The van der Waals surface area contributed by atoms with Gasteiger partial charge in [0.2, 0.25) is 15.9 Å². The summed E-state index contributed by atoms with van der Waals surface area (Å²) in [7, 11) is -4.03. The average molecular weight is 487 g/mol. The van der Waals surface area contributed by atoms with Crippen LogP contribution in [0, 0.1) is 12.7 Å². The number of hydrogen-bond donors (Lipinski definition) is 1. The summed E-state index contributed by atoms with van der Waals surface area (Å²) in [4.78, 5) is 14.0. The van der Waals surface area contributed by atoms with Crippen LogP contribution in [0.1, 0.15) is 29.7 Å². The highest BCUT2D eigenvalue weighted by Crippen LogP contribution is 2.22. The molecule has 5 nitrogen and oxygen atoms in total. The van der Waals surface area contributed by atoms with Crippen LogP contribution in [0.3, 0.4) is 0 Å². The molecule has 3 aromatic rings. The fraction of sp³-hybridized carbons (Fsp3) is 0.240. The van der Waals surface area contributed by atoms with Crippen LogP contribution >= 0.6 is 11.8 Å². The van der Waals surface area contributed by atoms with Crippen LogP contribution in [0.15, 0.2) is 82.6 Å². The van der Waals surface area contributed by atoms with Crippen LogP contribution in [0.25, 0.3) is 0 Å². The smallest absolute Gasteiger partial charge is 0.243 e. The summed E-state index contributed by atoms with van der Waals surface area (Å²) in [5, 5.41) is 2.85. The second kappa shape index (κ2) is 11.0. The van der Waals surface area contributed by atoms with Crippen molar-refractivity contribution in [3.8, 4) is 0 Å². The molecule has 0 aromatic heterocycles. The normalized spacial score (nSPS) is 12.5. The highest BCUT2D eigenvalue weighted by atomic mass is 32.2. The van der Waals surface area contributed by atoms with Gasteiger partial charge in [0.1, 0.15) is 5.82 Å². The molecule has 8 heteroatoms. The zero-order chi connectivity index (χ0) is 24.0. The molecule has 33 heavy (non-hydrogen) atoms. The van der Waals surface area contributed by atoms with Gasteiger partial charge in [-0.3, -0.25) is 4.79 Å². The molecular weight excluding hydrogens is 459 g/mol. The molecule has 0 heterocycles. The van der Waals surface area contributed by atoms with Gasteiger partial charge in [-0.2, -0.15) is 4.31 Å². The lowest BCUT2D eigenvalue weighted by Crippen LogP contribution is -2.41. The van der Waals surface area contributed by atoms with Gasteiger partial charge < -0.3 is 5.32 Å². The Morgan fingerprint density at radius 3 is 2.27 bits per heavy atom. The van der Waals surface area contributed by atoms with Crippen molar-refractivity contribution >= 4 is 27.7 Å². The molecule has 3 rings (SSSR count). The number of aryl methyl sites for hydroxylation is 1. The van der Waals surface area contributed by atoms with Crippen LogP contribution in [0.5, 0.6) is 0 Å². The van der Waals surface area contributed by atoms with Gasteiger partial charge in [0.05, 0.1) is 17.5 Å². The molecule has 0 aliphatic carbocycles. The van der Waals surface area contributed by atoms with Crippen molar-refractivity contribution in [2.75, 3.05) is 12.8 Å². The largest absolute Gasteiger partial charge is 0.348 e. The van der Waals surface area contributed by atoms with Crippen LogP contribution in [0.2, 0.25) is 0 Å². The number of rotatable bonds is 9. The van der Waals surface area contributed by atoms with E-state index in [2.05, 4.69) is 5.32 Å². The number of amides is 1. The third-order valence-corrected chi connectivity index (χ3v) is 7.83. The van der Waals surface area contributed by atoms with Crippen molar-refractivity contribution < 1.29 is 17.6 Å². The molecule has 174 valence electrons. The molecule has 0 aliphatic heterocycles. The molecule has 3 aromatic carbocycles. The highest BCUT2D eigenvalue weighted by molar-refractivity contribution is 7.98. The Bertz CT molecular complexity index is 1200. The maximum Gasteiger partial charge on any atom is 0.243 e. The Morgan fingerprint density at radius 2 is 1.67 bits per heavy atom. The summed E-state index contributed by atoms with van der Waals surface area (Å²) < 4.78 is 42.0. The quantitative estimate of drug-likeness (QED) is 0.436. The van der Waals surface area contributed by atoms with Crippen molar-refractivity contribution in [2.45, 2.75) is 36.2 Å². The number of nitrogens with zero attached hydrogens (tertiary/aromatic N) is 1. The maximum atomic E-state index is 14.3. The van der Waals surface area contributed by atoms with Crippen LogP contribution < -0.4 is 5.32 Å². The van der Waals surface area contributed by atoms with Crippen molar-refractivity contribution in [3.05, 3.63) is 95.3 Å². The molecule has 0 bridgehead atoms. The highest BCUT2D eigenvalue weighted by Gasteiger charge is 2.28. The number of carbonyl (C=O) groups is 1. The second-order valence-electron chi connectivity index (χ2n) is 7.74. The Labute approximate surface area is 199 Å². The van der Waals surface area contributed by atoms with E-state index in [0.29, 0.717) is 0 Å². The molecule has 1 N–H and O–H groups in total. The van der Waals surface area contributed by atoms with E-state index in [1.54, 1.807) is 30.0 Å². The van der Waals surface area contributed by atoms with Crippen molar-refractivity contribution in [1.82, 2.24) is 9.62 Å². The van der Waals surface area contributed by atoms with Gasteiger partial charge in [0.15, 0.2) is 0 Å². The van der Waals surface area contributed by atoms with Gasteiger partial charge in [-0.05, 0) is 56.0 Å². The fourth-order valence-electron chi connectivity index (χ4n) is 3.33. The predicted octanol–water partition coefficient (Wildman–Crippen LogP) is 4.92. The minimum absolute atomic E-state index is 0.0537. The maximum absolute atomic E-state index is 14.3. The van der Waals surface area contributed by atoms with Gasteiger partial charge in [-0.15, -0.1) is 11.8 Å². The lowest BCUT2D eigenvalue weighted by Gasteiger charge is -2.23. The summed E-state index contributed by atoms with van der Waals surface area (Å²) in [6.45, 7) is 3.00. The number of benzene rings is 3. The minimum Gasteiger partial charge on any atom is -0.348 e. The topological polar surface area (TPSA) is 66.5 Å². The summed E-state index contributed by atoms with van der Waals surface area (Å²) in [5.74, 6) is -0.993. The predicted molar refractivity (Wildman–Crippen MR) is 130 cm³/mol. The first kappa shape index (κ1) is 25.0. The zero-order valence-electron chi connectivity index (χ0n) is 18.8. The first-order valence-electron chi connectivity index (χ1n) is 10.4. The van der Waals surface area contributed by atoms with E-state index < -0.39 is 28.3 Å². The second-order valence-corrected chi connectivity index (χ2v) is 10.6. The lowest BCUT2D eigenvalue weighted by molar-refractivity contribution is -0.122. The molecule has 0 radical (unpaired) electrons. The zero-order valence-corrected chi connectivity index (χ0v) is 20.4. The molecule has 1 atom stereocenters. The first-order valence-corrected chi connectivity index (χ1v) is 13.1. The number of carbonyl (C=O) groups excluding carboxylic acids is 1. The summed E-state index contributed by atoms with van der Waals surface area (Å²) >= 11 is 1.62. The van der Waals surface area contributed by atoms with Gasteiger partial charge in [-0.25, -0.2) is 12.8 Å². The molecule has 1 amide bonds. The lowest BCUT2D eigenvalue weighted by atomic mass is 10.1. The number of nitrogens with one attached hydrogen (secondary N) is 1. The molecule has 0 unspecified atom stereocenters. The summed E-state index contributed by atoms with van der Waals surface area (Å²) in [6.07, 6.45) is 1.98. The van der Waals surface area contributed by atoms with E-state index in [9.17, 15) is 17.6 Å². The van der Waals surface area contributed by atoms with Gasteiger partial charge >= 0.3 is 0 Å². The fourth-order valence-corrected chi connectivity index (χ4v) is 5.11. The van der Waals surface area contributed by atoms with Crippen LogP contribution in [0.4, 0.5) is 4.39 Å². The van der Waals surface area contributed by atoms with E-state index >= 15 is 0 Å². The average Bonchev–Trinajstić information content (AvgIpc) is 2.80. The Hall–Kier alpha value is -2.68. The standard InChI is InChI=1S/C25H27FN2O3S2/c1-18-8-14-23(15-9-18)33(30,31)28(16-21-6-4-5-7-24(21)26)17-25(29)27-19(2)20-10-12-22(32-3)13-11-20/h4-15,19H,16-17H2,1-3H3,(H,27,29)/t19-/m0/s1. The van der Waals surface area contributed by atoms with E-state index in [1.165, 1.54) is 30.3 Å². The van der Waals surface area contributed by atoms with Gasteiger partial charge in [0.25, 0.3) is 0 Å². The van der Waals surface area contributed by atoms with E-state index in [-0.39, 0.29) is 23.0 Å². The molecule has 0 saturated heterocycles. The van der Waals surface area contributed by atoms with Crippen molar-refractivity contribution in [2.24, 2.45) is 0 Å². The molecule has 0 spiro atoms. The summed E-state index contributed by atoms with van der Waals surface area (Å²) in [5.41, 5.74) is 2.01. The van der Waals surface area contributed by atoms with Crippen molar-refractivity contribution in [1.29, 1.82) is 0 Å². The Kier molecular flexibility index (Phi) is 8.29. The van der Waals surface area contributed by atoms with E-state index in [0.717, 1.165) is 20.3 Å². The Morgan fingerprint density at radius 1 is 1.03 bits per heavy atom. The third kappa shape index (κ3) is 6.43. The minimum atomic E-state index is -4.03. The molecule has 0 aliphatic rings. The number of thioether (sulfide) groups is 1. The number of halogens is 1. The van der Waals surface area contributed by atoms with Gasteiger partial charge in [-0.1, -0.05) is 48.0 Å². The van der Waals surface area contributed by atoms with E-state index in [1.807, 2.05) is 44.4 Å². The van der Waals surface area contributed by atoms with Crippen molar-refractivity contribution in [3.63, 3.8) is 0 Å². The first-order chi connectivity index (χ1) is 15.7. The van der Waals surface area contributed by atoms with Crippen LogP contribution in [-0.2, 0) is 21.4 Å². The molecule has 0 fully saturated rings. The molecular formula is C25H27FN2O3S2. The number of hydrogen-bond acceptors (Lipinski definition) is 4. The van der Waals surface area contributed by atoms with Gasteiger partial charge in [0, 0.05) is 17.0 Å². The monoisotopic (exact) mass is 486 g/mol. The summed E-state index contributed by atoms with van der Waals surface area (Å²) in [6, 6.07) is 19.8.